The van der Waals surface area contributed by atoms with Crippen molar-refractivity contribution in [2.24, 2.45) is 0 Å². The number of nitrogens with one attached hydrogen (secondary N) is 1. The highest BCUT2D eigenvalue weighted by Crippen LogP contribution is 2.36. The highest BCUT2D eigenvalue weighted by molar-refractivity contribution is 5.91. The Morgan fingerprint density at radius 1 is 1.07 bits per heavy atom. The number of phenolic OH excluding ortho intramolecular Hbond substituents is 1. The monoisotopic (exact) mass is 382 g/mol. The van der Waals surface area contributed by atoms with Gasteiger partial charge < -0.3 is 20.4 Å². The predicted molar refractivity (Wildman–Crippen MR) is 108 cm³/mol. The Kier molecular flexibility index (Phi) is 6.19. The molecule has 3 rings (SSSR count). The first kappa shape index (κ1) is 19.7. The Balaban J connectivity index is 2.08. The van der Waals surface area contributed by atoms with Crippen LogP contribution in [-0.4, -0.2) is 41.7 Å². The summed E-state index contributed by atoms with van der Waals surface area (Å²) >= 11 is 0. The molecule has 2 aromatic carbocycles. The van der Waals surface area contributed by atoms with Crippen LogP contribution < -0.4 is 10.2 Å². The van der Waals surface area contributed by atoms with Crippen LogP contribution in [0.2, 0.25) is 0 Å². The van der Waals surface area contributed by atoms with Gasteiger partial charge in [-0.05, 0) is 67.6 Å². The standard InChI is InChI=1S/C22H26N2O4/c1-2-23-21(26)20(15-6-8-16(9-7-15)22(27)28)18-14-17(25)10-11-19(18)24-12-4-3-5-13-24/h6-11,14,20,25H,2-5,12-13H2,1H3,(H,23,26)(H,27,28). The molecule has 1 saturated heterocycles. The van der Waals surface area contributed by atoms with E-state index < -0.39 is 11.9 Å². The van der Waals surface area contributed by atoms with E-state index in [0.717, 1.165) is 37.2 Å². The maximum atomic E-state index is 13.0. The number of hydrogen-bond acceptors (Lipinski definition) is 4. The second-order valence-electron chi connectivity index (χ2n) is 7.05. The Labute approximate surface area is 164 Å². The number of nitrogens with zero attached hydrogens (tertiary/aromatic N) is 1. The molecule has 6 heteroatoms. The molecule has 6 nitrogen and oxygen atoms in total. The van der Waals surface area contributed by atoms with Gasteiger partial charge in [0.25, 0.3) is 0 Å². The van der Waals surface area contributed by atoms with Crippen LogP contribution in [0.3, 0.4) is 0 Å². The van der Waals surface area contributed by atoms with Crippen molar-refractivity contribution in [2.45, 2.75) is 32.1 Å². The quantitative estimate of drug-likeness (QED) is 0.713. The maximum absolute atomic E-state index is 13.0. The summed E-state index contributed by atoms with van der Waals surface area (Å²) in [4.78, 5) is 26.4. The number of carboxylic acid groups (broad SMARTS) is 1. The van der Waals surface area contributed by atoms with Crippen LogP contribution in [0.25, 0.3) is 0 Å². The predicted octanol–water partition coefficient (Wildman–Crippen LogP) is 3.35. The highest BCUT2D eigenvalue weighted by Gasteiger charge is 2.28. The van der Waals surface area contributed by atoms with Crippen LogP contribution in [0.5, 0.6) is 5.75 Å². The highest BCUT2D eigenvalue weighted by atomic mass is 16.4. The number of aromatic hydroxyl groups is 1. The Morgan fingerprint density at radius 2 is 1.75 bits per heavy atom. The third-order valence-electron chi connectivity index (χ3n) is 5.12. The molecule has 1 aliphatic rings. The summed E-state index contributed by atoms with van der Waals surface area (Å²) in [5.41, 5.74) is 2.54. The lowest BCUT2D eigenvalue weighted by molar-refractivity contribution is -0.121. The van der Waals surface area contributed by atoms with Crippen molar-refractivity contribution in [2.75, 3.05) is 24.5 Å². The molecule has 28 heavy (non-hydrogen) atoms. The summed E-state index contributed by atoms with van der Waals surface area (Å²) in [6.45, 7) is 4.17. The molecule has 1 fully saturated rings. The van der Waals surface area contributed by atoms with Gasteiger partial charge in [-0.1, -0.05) is 12.1 Å². The van der Waals surface area contributed by atoms with E-state index in [1.807, 2.05) is 13.0 Å². The van der Waals surface area contributed by atoms with E-state index in [2.05, 4.69) is 10.2 Å². The van der Waals surface area contributed by atoms with E-state index in [1.54, 1.807) is 24.3 Å². The summed E-state index contributed by atoms with van der Waals surface area (Å²) in [7, 11) is 0. The molecular weight excluding hydrogens is 356 g/mol. The minimum Gasteiger partial charge on any atom is -0.508 e. The number of piperidine rings is 1. The molecule has 1 amide bonds. The number of carbonyl (C=O) groups excluding carboxylic acids is 1. The normalized spacial score (nSPS) is 15.1. The molecule has 1 aliphatic heterocycles. The average Bonchev–Trinajstić information content (AvgIpc) is 2.70. The number of anilines is 1. The van der Waals surface area contributed by atoms with Gasteiger partial charge in [0.15, 0.2) is 0 Å². The average molecular weight is 382 g/mol. The molecule has 0 spiro atoms. The fraction of sp³-hybridized carbons (Fsp3) is 0.364. The summed E-state index contributed by atoms with van der Waals surface area (Å²) in [5, 5.41) is 22.2. The third kappa shape index (κ3) is 4.27. The molecular formula is C22H26N2O4. The smallest absolute Gasteiger partial charge is 0.335 e. The van der Waals surface area contributed by atoms with E-state index in [9.17, 15) is 14.7 Å². The first-order valence-corrected chi connectivity index (χ1v) is 9.70. The number of benzene rings is 2. The van der Waals surface area contributed by atoms with Crippen molar-refractivity contribution in [3.63, 3.8) is 0 Å². The maximum Gasteiger partial charge on any atom is 0.335 e. The van der Waals surface area contributed by atoms with Gasteiger partial charge in [-0.2, -0.15) is 0 Å². The van der Waals surface area contributed by atoms with Crippen LogP contribution >= 0.6 is 0 Å². The molecule has 2 aromatic rings. The van der Waals surface area contributed by atoms with Gasteiger partial charge in [-0.25, -0.2) is 4.79 Å². The number of carboxylic acids is 1. The molecule has 0 aliphatic carbocycles. The molecule has 1 atom stereocenters. The van der Waals surface area contributed by atoms with Crippen molar-refractivity contribution < 1.29 is 19.8 Å². The Bertz CT molecular complexity index is 842. The van der Waals surface area contributed by atoms with Crippen LogP contribution in [0.15, 0.2) is 42.5 Å². The zero-order chi connectivity index (χ0) is 20.1. The molecule has 1 heterocycles. The largest absolute Gasteiger partial charge is 0.508 e. The van der Waals surface area contributed by atoms with Crippen LogP contribution in [-0.2, 0) is 4.79 Å². The first-order chi connectivity index (χ1) is 13.5. The van der Waals surface area contributed by atoms with E-state index in [-0.39, 0.29) is 17.2 Å². The molecule has 1 unspecified atom stereocenters. The summed E-state index contributed by atoms with van der Waals surface area (Å²) < 4.78 is 0. The second kappa shape index (κ2) is 8.78. The minimum atomic E-state index is -1.01. The fourth-order valence-electron chi connectivity index (χ4n) is 3.76. The molecule has 0 aromatic heterocycles. The summed E-state index contributed by atoms with van der Waals surface area (Å²) in [6, 6.07) is 11.5. The van der Waals surface area contributed by atoms with E-state index in [1.165, 1.54) is 18.6 Å². The molecule has 0 saturated carbocycles. The molecule has 3 N–H and O–H groups in total. The SMILES string of the molecule is CCNC(=O)C(c1ccc(C(=O)O)cc1)c1cc(O)ccc1N1CCCCC1. The van der Waals surface area contributed by atoms with E-state index >= 15 is 0 Å². The van der Waals surface area contributed by atoms with Crippen molar-refractivity contribution in [1.29, 1.82) is 0 Å². The summed E-state index contributed by atoms with van der Waals surface area (Å²) in [5.74, 6) is -1.71. The number of carbonyl (C=O) groups is 2. The molecule has 0 bridgehead atoms. The van der Waals surface area contributed by atoms with Gasteiger partial charge in [-0.3, -0.25) is 4.79 Å². The van der Waals surface area contributed by atoms with Crippen LogP contribution in [0.4, 0.5) is 5.69 Å². The van der Waals surface area contributed by atoms with Crippen molar-refractivity contribution >= 4 is 17.6 Å². The summed E-state index contributed by atoms with van der Waals surface area (Å²) in [6.07, 6.45) is 3.39. The third-order valence-corrected chi connectivity index (χ3v) is 5.12. The molecule has 148 valence electrons. The van der Waals surface area contributed by atoms with E-state index in [4.69, 9.17) is 5.11 Å². The van der Waals surface area contributed by atoms with Crippen molar-refractivity contribution in [3.05, 3.63) is 59.2 Å². The van der Waals surface area contributed by atoms with Crippen molar-refractivity contribution in [3.8, 4) is 5.75 Å². The zero-order valence-corrected chi connectivity index (χ0v) is 16.0. The number of hydrogen-bond donors (Lipinski definition) is 3. The van der Waals surface area contributed by atoms with Gasteiger partial charge in [0.1, 0.15) is 5.75 Å². The second-order valence-corrected chi connectivity index (χ2v) is 7.05. The molecule has 0 radical (unpaired) electrons. The topological polar surface area (TPSA) is 89.9 Å². The van der Waals surface area contributed by atoms with Gasteiger partial charge in [-0.15, -0.1) is 0 Å². The van der Waals surface area contributed by atoms with Gasteiger partial charge in [0.2, 0.25) is 5.91 Å². The van der Waals surface area contributed by atoms with Gasteiger partial charge in [0, 0.05) is 25.3 Å². The number of likely N-dealkylation sites (N-methyl/N-ethyl adjacent to an activating group) is 1. The van der Waals surface area contributed by atoms with Crippen LogP contribution in [0, 0.1) is 0 Å². The van der Waals surface area contributed by atoms with Gasteiger partial charge in [0.05, 0.1) is 11.5 Å². The zero-order valence-electron chi connectivity index (χ0n) is 16.0. The van der Waals surface area contributed by atoms with E-state index in [0.29, 0.717) is 12.1 Å². The van der Waals surface area contributed by atoms with Gasteiger partial charge >= 0.3 is 5.97 Å². The lowest BCUT2D eigenvalue weighted by Gasteiger charge is -2.32. The Hall–Kier alpha value is -3.02. The number of rotatable bonds is 6. The van der Waals surface area contributed by atoms with Crippen LogP contribution in [0.1, 0.15) is 53.6 Å². The fourth-order valence-corrected chi connectivity index (χ4v) is 3.76. The first-order valence-electron chi connectivity index (χ1n) is 9.70. The lowest BCUT2D eigenvalue weighted by atomic mass is 9.87. The number of phenols is 1. The Morgan fingerprint density at radius 3 is 2.36 bits per heavy atom. The minimum absolute atomic E-state index is 0.104. The number of aromatic carboxylic acids is 1. The lowest BCUT2D eigenvalue weighted by Crippen LogP contribution is -2.34. The van der Waals surface area contributed by atoms with Crippen molar-refractivity contribution in [1.82, 2.24) is 5.32 Å². The number of amides is 1.